The molecule has 0 radical (unpaired) electrons. The number of ether oxygens (including phenoxy) is 1. The van der Waals surface area contributed by atoms with E-state index in [4.69, 9.17) is 4.74 Å². The summed E-state index contributed by atoms with van der Waals surface area (Å²) in [7, 11) is 1.75. The van der Waals surface area contributed by atoms with E-state index in [2.05, 4.69) is 45.9 Å². The summed E-state index contributed by atoms with van der Waals surface area (Å²) in [6.07, 6.45) is 5.67. The van der Waals surface area contributed by atoms with E-state index < -0.39 is 0 Å². The first kappa shape index (κ1) is 11.3. The number of methoxy groups -OCH3 is 1. The van der Waals surface area contributed by atoms with Crippen LogP contribution in [0.4, 0.5) is 0 Å². The van der Waals surface area contributed by atoms with E-state index in [0.29, 0.717) is 0 Å². The van der Waals surface area contributed by atoms with Crippen LogP contribution in [0.1, 0.15) is 36.1 Å². The third-order valence-electron chi connectivity index (χ3n) is 3.55. The Labute approximate surface area is 98.1 Å². The molecule has 0 aromatic heterocycles. The molecule has 0 aliphatic heterocycles. The molecule has 0 saturated carbocycles. The second-order valence-electron chi connectivity index (χ2n) is 5.40. The van der Waals surface area contributed by atoms with Crippen LogP contribution in [0.3, 0.4) is 0 Å². The normalized spacial score (nSPS) is 17.1. The van der Waals surface area contributed by atoms with Crippen LogP contribution in [0.2, 0.25) is 0 Å². The summed E-state index contributed by atoms with van der Waals surface area (Å²) >= 11 is 0. The molecule has 0 bridgehead atoms. The Bertz CT molecular complexity index is 453. The van der Waals surface area contributed by atoms with Crippen molar-refractivity contribution in [1.82, 2.24) is 0 Å². The maximum atomic E-state index is 5.44. The molecule has 1 aliphatic carbocycles. The highest BCUT2D eigenvalue weighted by atomic mass is 16.5. The van der Waals surface area contributed by atoms with Gasteiger partial charge in [-0.3, -0.25) is 0 Å². The van der Waals surface area contributed by atoms with Crippen LogP contribution in [-0.2, 0) is 6.42 Å². The smallest absolute Gasteiger partial charge is 0.122 e. The number of rotatable bonds is 1. The van der Waals surface area contributed by atoms with Crippen molar-refractivity contribution >= 4 is 6.08 Å². The molecule has 0 spiro atoms. The Balaban J connectivity index is 2.61. The van der Waals surface area contributed by atoms with Gasteiger partial charge >= 0.3 is 0 Å². The van der Waals surface area contributed by atoms with E-state index in [1.54, 1.807) is 7.11 Å². The lowest BCUT2D eigenvalue weighted by Gasteiger charge is -2.28. The van der Waals surface area contributed by atoms with Gasteiger partial charge in [-0.15, -0.1) is 0 Å². The zero-order valence-electron chi connectivity index (χ0n) is 10.8. The first-order valence-corrected chi connectivity index (χ1v) is 5.81. The van der Waals surface area contributed by atoms with Gasteiger partial charge in [0.05, 0.1) is 7.11 Å². The summed E-state index contributed by atoms with van der Waals surface area (Å²) in [5, 5.41) is 0. The first-order valence-electron chi connectivity index (χ1n) is 5.81. The van der Waals surface area contributed by atoms with Crippen molar-refractivity contribution in [3.63, 3.8) is 0 Å². The van der Waals surface area contributed by atoms with Gasteiger partial charge in [0.25, 0.3) is 0 Å². The van der Waals surface area contributed by atoms with E-state index in [9.17, 15) is 0 Å². The molecule has 0 saturated heterocycles. The minimum atomic E-state index is 0.264. The van der Waals surface area contributed by atoms with Gasteiger partial charge in [0.1, 0.15) is 5.75 Å². The molecule has 0 fully saturated rings. The number of hydrogen-bond donors (Lipinski definition) is 0. The molecular formula is C15H20O. The van der Waals surface area contributed by atoms with Crippen LogP contribution in [-0.4, -0.2) is 7.11 Å². The highest BCUT2D eigenvalue weighted by Crippen LogP contribution is 2.37. The number of allylic oxidation sites excluding steroid dienone is 1. The first-order chi connectivity index (χ1) is 7.44. The van der Waals surface area contributed by atoms with Crippen molar-refractivity contribution in [2.45, 2.75) is 34.1 Å². The van der Waals surface area contributed by atoms with E-state index in [-0.39, 0.29) is 5.41 Å². The van der Waals surface area contributed by atoms with E-state index in [1.807, 2.05) is 0 Å². The Morgan fingerprint density at radius 3 is 2.50 bits per heavy atom. The van der Waals surface area contributed by atoms with Gasteiger partial charge in [-0.05, 0) is 54.0 Å². The summed E-state index contributed by atoms with van der Waals surface area (Å²) < 4.78 is 5.44. The van der Waals surface area contributed by atoms with Crippen molar-refractivity contribution < 1.29 is 4.74 Å². The average Bonchev–Trinajstić information content (AvgIpc) is 2.22. The molecule has 0 N–H and O–H groups in total. The molecular weight excluding hydrogens is 196 g/mol. The maximum absolute atomic E-state index is 5.44. The lowest BCUT2D eigenvalue weighted by molar-refractivity contribution is 0.408. The monoisotopic (exact) mass is 216 g/mol. The van der Waals surface area contributed by atoms with Gasteiger partial charge in [-0.2, -0.15) is 0 Å². The van der Waals surface area contributed by atoms with Crippen molar-refractivity contribution in [3.05, 3.63) is 34.4 Å². The van der Waals surface area contributed by atoms with Crippen LogP contribution in [0, 0.1) is 19.3 Å². The minimum absolute atomic E-state index is 0.264. The van der Waals surface area contributed by atoms with E-state index in [1.165, 1.54) is 22.3 Å². The molecule has 2 rings (SSSR count). The lowest BCUT2D eigenvalue weighted by Crippen LogP contribution is -2.16. The third-order valence-corrected chi connectivity index (χ3v) is 3.55. The fourth-order valence-corrected chi connectivity index (χ4v) is 2.42. The Morgan fingerprint density at radius 2 is 1.88 bits per heavy atom. The fourth-order valence-electron chi connectivity index (χ4n) is 2.42. The quantitative estimate of drug-likeness (QED) is 0.691. The van der Waals surface area contributed by atoms with Crippen LogP contribution in [0.5, 0.6) is 5.75 Å². The maximum Gasteiger partial charge on any atom is 0.122 e. The summed E-state index contributed by atoms with van der Waals surface area (Å²) in [4.78, 5) is 0. The van der Waals surface area contributed by atoms with Gasteiger partial charge in [-0.1, -0.05) is 26.0 Å². The molecule has 1 aliphatic rings. The molecule has 1 aromatic rings. The highest BCUT2D eigenvalue weighted by Gasteiger charge is 2.23. The number of fused-ring (bicyclic) bond motifs is 1. The molecule has 0 unspecified atom stereocenters. The number of hydrogen-bond acceptors (Lipinski definition) is 1. The van der Waals surface area contributed by atoms with Gasteiger partial charge in [0, 0.05) is 0 Å². The SMILES string of the molecule is COc1cc2c(c(C)c1C)C=CC(C)(C)C2. The zero-order chi connectivity index (χ0) is 11.9. The topological polar surface area (TPSA) is 9.23 Å². The highest BCUT2D eigenvalue weighted by molar-refractivity contribution is 5.65. The van der Waals surface area contributed by atoms with Crippen molar-refractivity contribution in [2.24, 2.45) is 5.41 Å². The second-order valence-corrected chi connectivity index (χ2v) is 5.40. The van der Waals surface area contributed by atoms with Gasteiger partial charge in [-0.25, -0.2) is 0 Å². The summed E-state index contributed by atoms with van der Waals surface area (Å²) in [6, 6.07) is 2.20. The second kappa shape index (κ2) is 3.65. The van der Waals surface area contributed by atoms with Crippen LogP contribution in [0.25, 0.3) is 6.08 Å². The minimum Gasteiger partial charge on any atom is -0.496 e. The molecule has 0 atom stereocenters. The van der Waals surface area contributed by atoms with Crippen molar-refractivity contribution in [3.8, 4) is 5.75 Å². The van der Waals surface area contributed by atoms with Gasteiger partial charge < -0.3 is 4.74 Å². The Kier molecular flexibility index (Phi) is 2.57. The molecule has 1 aromatic carbocycles. The van der Waals surface area contributed by atoms with E-state index >= 15 is 0 Å². The largest absolute Gasteiger partial charge is 0.496 e. The zero-order valence-corrected chi connectivity index (χ0v) is 10.8. The Hall–Kier alpha value is -1.24. The predicted molar refractivity (Wildman–Crippen MR) is 69.0 cm³/mol. The summed E-state index contributed by atoms with van der Waals surface area (Å²) in [5.41, 5.74) is 5.66. The van der Waals surface area contributed by atoms with E-state index in [0.717, 1.165) is 12.2 Å². The summed E-state index contributed by atoms with van der Waals surface area (Å²) in [6.45, 7) is 8.85. The molecule has 1 nitrogen and oxygen atoms in total. The molecule has 86 valence electrons. The molecule has 0 heterocycles. The molecule has 0 amide bonds. The standard InChI is InChI=1S/C15H20O/c1-10-11(2)14(16-5)8-12-9-15(3,4)7-6-13(10)12/h6-8H,9H2,1-5H3. The molecule has 16 heavy (non-hydrogen) atoms. The Morgan fingerprint density at radius 1 is 1.19 bits per heavy atom. The number of benzene rings is 1. The van der Waals surface area contributed by atoms with Crippen LogP contribution in [0.15, 0.2) is 12.1 Å². The van der Waals surface area contributed by atoms with Crippen molar-refractivity contribution in [2.75, 3.05) is 7.11 Å². The average molecular weight is 216 g/mol. The fraction of sp³-hybridized carbons (Fsp3) is 0.467. The van der Waals surface area contributed by atoms with Gasteiger partial charge in [0.2, 0.25) is 0 Å². The molecule has 1 heteroatoms. The van der Waals surface area contributed by atoms with Crippen LogP contribution < -0.4 is 4.74 Å². The predicted octanol–water partition coefficient (Wildman–Crippen LogP) is 3.91. The lowest BCUT2D eigenvalue weighted by atomic mass is 9.78. The van der Waals surface area contributed by atoms with Crippen molar-refractivity contribution in [1.29, 1.82) is 0 Å². The van der Waals surface area contributed by atoms with Gasteiger partial charge in [0.15, 0.2) is 0 Å². The van der Waals surface area contributed by atoms with Crippen LogP contribution >= 0.6 is 0 Å². The summed E-state index contributed by atoms with van der Waals surface area (Å²) in [5.74, 6) is 1.02. The third kappa shape index (κ3) is 1.75.